The van der Waals surface area contributed by atoms with Gasteiger partial charge in [0.2, 0.25) is 0 Å². The van der Waals surface area contributed by atoms with Gasteiger partial charge in [0.25, 0.3) is 15.9 Å². The molecule has 0 atom stereocenters. The van der Waals surface area contributed by atoms with Crippen LogP contribution in [0.5, 0.6) is 0 Å². The van der Waals surface area contributed by atoms with Gasteiger partial charge < -0.3 is 9.73 Å². The Morgan fingerprint density at radius 3 is 2.15 bits per heavy atom. The number of hydrogen-bond acceptors (Lipinski definition) is 4. The lowest BCUT2D eigenvalue weighted by Gasteiger charge is -2.09. The van der Waals surface area contributed by atoms with Gasteiger partial charge in [0.15, 0.2) is 0 Å². The van der Waals surface area contributed by atoms with E-state index in [-0.39, 0.29) is 10.8 Å². The Morgan fingerprint density at radius 1 is 0.962 bits per heavy atom. The van der Waals surface area contributed by atoms with Gasteiger partial charge in [-0.05, 0) is 61.5 Å². The minimum absolute atomic E-state index is 0.0493. The Morgan fingerprint density at radius 2 is 1.58 bits per heavy atom. The van der Waals surface area contributed by atoms with Crippen LogP contribution in [-0.2, 0) is 10.0 Å². The minimum atomic E-state index is -3.82. The van der Waals surface area contributed by atoms with Gasteiger partial charge in [0, 0.05) is 11.4 Å². The summed E-state index contributed by atoms with van der Waals surface area (Å²) in [6.45, 7) is 1.68. The number of aryl methyl sites for hydroxylation is 1. The Hall–Kier alpha value is -3.13. The third-order valence-electron chi connectivity index (χ3n) is 3.62. The number of carbonyl (C=O) groups is 1. The number of rotatable bonds is 5. The molecular formula is C18H15FN2O4S. The summed E-state index contributed by atoms with van der Waals surface area (Å²) in [5.41, 5.74) is 1.23. The second kappa shape index (κ2) is 7.01. The monoisotopic (exact) mass is 374 g/mol. The Balaban J connectivity index is 1.70. The van der Waals surface area contributed by atoms with E-state index in [1.54, 1.807) is 25.1 Å². The molecule has 1 heterocycles. The number of sulfonamides is 1. The fourth-order valence-corrected chi connectivity index (χ4v) is 3.33. The van der Waals surface area contributed by atoms with Gasteiger partial charge in [0.1, 0.15) is 11.6 Å². The van der Waals surface area contributed by atoms with E-state index < -0.39 is 15.8 Å². The van der Waals surface area contributed by atoms with Crippen molar-refractivity contribution in [2.75, 3.05) is 10.0 Å². The molecule has 0 fully saturated rings. The van der Waals surface area contributed by atoms with Crippen molar-refractivity contribution < 1.29 is 22.0 Å². The summed E-state index contributed by atoms with van der Waals surface area (Å²) in [5, 5.41) is 2.70. The van der Waals surface area contributed by atoms with Crippen LogP contribution in [0.3, 0.4) is 0 Å². The van der Waals surface area contributed by atoms with Crippen molar-refractivity contribution in [3.05, 3.63) is 78.0 Å². The summed E-state index contributed by atoms with van der Waals surface area (Å²) in [5.74, 6) is -0.334. The molecule has 0 spiro atoms. The van der Waals surface area contributed by atoms with Crippen LogP contribution < -0.4 is 10.0 Å². The van der Waals surface area contributed by atoms with E-state index in [0.29, 0.717) is 22.7 Å². The smallest absolute Gasteiger partial charge is 0.261 e. The van der Waals surface area contributed by atoms with Crippen LogP contribution in [0.2, 0.25) is 0 Å². The van der Waals surface area contributed by atoms with Crippen LogP contribution in [0, 0.1) is 12.7 Å². The lowest BCUT2D eigenvalue weighted by atomic mass is 10.2. The fraction of sp³-hybridized carbons (Fsp3) is 0.0556. The van der Waals surface area contributed by atoms with Crippen LogP contribution in [0.1, 0.15) is 16.1 Å². The van der Waals surface area contributed by atoms with E-state index in [9.17, 15) is 17.6 Å². The van der Waals surface area contributed by atoms with Gasteiger partial charge in [-0.15, -0.1) is 0 Å². The molecule has 134 valence electrons. The number of benzene rings is 2. The molecule has 0 saturated heterocycles. The van der Waals surface area contributed by atoms with Crippen molar-refractivity contribution in [3.8, 4) is 0 Å². The number of furan rings is 1. The Bertz CT molecular complexity index is 1030. The molecule has 0 aliphatic heterocycles. The second-order valence-electron chi connectivity index (χ2n) is 5.48. The molecular weight excluding hydrogens is 359 g/mol. The molecule has 6 nitrogen and oxygen atoms in total. The van der Waals surface area contributed by atoms with Gasteiger partial charge >= 0.3 is 0 Å². The zero-order valence-corrected chi connectivity index (χ0v) is 14.5. The SMILES string of the molecule is Cc1occc1C(=O)Nc1ccc(NS(=O)(=O)c2ccc(F)cc2)cc1. The molecule has 0 radical (unpaired) electrons. The van der Waals surface area contributed by atoms with Crippen LogP contribution >= 0.6 is 0 Å². The maximum atomic E-state index is 12.9. The summed E-state index contributed by atoms with van der Waals surface area (Å²) < 4.78 is 44.9. The molecule has 26 heavy (non-hydrogen) atoms. The van der Waals surface area contributed by atoms with Gasteiger partial charge in [-0.25, -0.2) is 12.8 Å². The molecule has 3 rings (SSSR count). The van der Waals surface area contributed by atoms with Crippen molar-refractivity contribution in [1.82, 2.24) is 0 Å². The highest BCUT2D eigenvalue weighted by atomic mass is 32.2. The van der Waals surface area contributed by atoms with E-state index in [1.807, 2.05) is 0 Å². The van der Waals surface area contributed by atoms with Gasteiger partial charge in [-0.3, -0.25) is 9.52 Å². The summed E-state index contributed by atoms with van der Waals surface area (Å²) in [7, 11) is -3.82. The van der Waals surface area contributed by atoms with E-state index in [4.69, 9.17) is 4.42 Å². The molecule has 0 bridgehead atoms. The molecule has 2 N–H and O–H groups in total. The third kappa shape index (κ3) is 3.92. The predicted octanol–water partition coefficient (Wildman–Crippen LogP) is 3.78. The van der Waals surface area contributed by atoms with Gasteiger partial charge in [-0.2, -0.15) is 0 Å². The van der Waals surface area contributed by atoms with Crippen LogP contribution in [0.15, 0.2) is 70.2 Å². The van der Waals surface area contributed by atoms with Crippen molar-refractivity contribution in [2.45, 2.75) is 11.8 Å². The van der Waals surface area contributed by atoms with Gasteiger partial charge in [0.05, 0.1) is 16.7 Å². The molecule has 2 aromatic carbocycles. The average molecular weight is 374 g/mol. The molecule has 0 unspecified atom stereocenters. The predicted molar refractivity (Wildman–Crippen MR) is 95.0 cm³/mol. The first-order valence-corrected chi connectivity index (χ1v) is 9.07. The zero-order chi connectivity index (χ0) is 18.7. The normalized spacial score (nSPS) is 11.2. The van der Waals surface area contributed by atoms with Gasteiger partial charge in [-0.1, -0.05) is 0 Å². The quantitative estimate of drug-likeness (QED) is 0.711. The highest BCUT2D eigenvalue weighted by molar-refractivity contribution is 7.92. The van der Waals surface area contributed by atoms with Crippen molar-refractivity contribution in [1.29, 1.82) is 0 Å². The molecule has 0 aliphatic carbocycles. The number of hydrogen-bond donors (Lipinski definition) is 2. The standard InChI is InChI=1S/C18H15FN2O4S/c1-12-17(10-11-25-12)18(22)20-14-4-6-15(7-5-14)21-26(23,24)16-8-2-13(19)3-9-16/h2-11,21H,1H3,(H,20,22). The summed E-state index contributed by atoms with van der Waals surface area (Å²) in [6.07, 6.45) is 1.43. The number of anilines is 2. The first-order chi connectivity index (χ1) is 12.3. The van der Waals surface area contributed by atoms with Crippen LogP contribution in [-0.4, -0.2) is 14.3 Å². The molecule has 1 aromatic heterocycles. The van der Waals surface area contributed by atoms with E-state index >= 15 is 0 Å². The molecule has 8 heteroatoms. The lowest BCUT2D eigenvalue weighted by Crippen LogP contribution is -2.14. The Labute approximate surface area is 149 Å². The zero-order valence-electron chi connectivity index (χ0n) is 13.7. The van der Waals surface area contributed by atoms with E-state index in [2.05, 4.69) is 10.0 Å². The number of amides is 1. The topological polar surface area (TPSA) is 88.4 Å². The van der Waals surface area contributed by atoms with Crippen LogP contribution in [0.4, 0.5) is 15.8 Å². The maximum Gasteiger partial charge on any atom is 0.261 e. The van der Waals surface area contributed by atoms with Crippen molar-refractivity contribution in [3.63, 3.8) is 0 Å². The second-order valence-corrected chi connectivity index (χ2v) is 7.16. The molecule has 0 aliphatic rings. The minimum Gasteiger partial charge on any atom is -0.469 e. The Kier molecular flexibility index (Phi) is 4.77. The number of carbonyl (C=O) groups excluding carboxylic acids is 1. The molecule has 0 saturated carbocycles. The van der Waals surface area contributed by atoms with Crippen LogP contribution in [0.25, 0.3) is 0 Å². The highest BCUT2D eigenvalue weighted by Crippen LogP contribution is 2.19. The highest BCUT2D eigenvalue weighted by Gasteiger charge is 2.15. The van der Waals surface area contributed by atoms with E-state index in [1.165, 1.54) is 30.5 Å². The maximum absolute atomic E-state index is 12.9. The average Bonchev–Trinajstić information content (AvgIpc) is 3.03. The number of halogens is 1. The first kappa shape index (κ1) is 17.7. The first-order valence-electron chi connectivity index (χ1n) is 7.59. The summed E-state index contributed by atoms with van der Waals surface area (Å²) in [6, 6.07) is 12.2. The van der Waals surface area contributed by atoms with Crippen molar-refractivity contribution in [2.24, 2.45) is 0 Å². The van der Waals surface area contributed by atoms with E-state index in [0.717, 1.165) is 12.1 Å². The van der Waals surface area contributed by atoms with Crippen molar-refractivity contribution >= 4 is 27.3 Å². The molecule has 1 amide bonds. The molecule has 3 aromatic rings. The fourth-order valence-electron chi connectivity index (χ4n) is 2.27. The summed E-state index contributed by atoms with van der Waals surface area (Å²) in [4.78, 5) is 12.1. The largest absolute Gasteiger partial charge is 0.469 e. The lowest BCUT2D eigenvalue weighted by molar-refractivity contribution is 0.102. The summed E-state index contributed by atoms with van der Waals surface area (Å²) >= 11 is 0. The number of nitrogens with one attached hydrogen (secondary N) is 2. The third-order valence-corrected chi connectivity index (χ3v) is 5.02.